The number of hydrogen-bond donors (Lipinski definition) is 0. The van der Waals surface area contributed by atoms with Crippen LogP contribution in [0.2, 0.25) is 5.15 Å². The molecule has 0 spiro atoms. The van der Waals surface area contributed by atoms with Gasteiger partial charge in [-0.2, -0.15) is 0 Å². The lowest BCUT2D eigenvalue weighted by molar-refractivity contribution is 0.867. The first-order valence-electron chi connectivity index (χ1n) is 4.36. The summed E-state index contributed by atoms with van der Waals surface area (Å²) in [4.78, 5) is 11.8. The summed E-state index contributed by atoms with van der Waals surface area (Å²) in [6.45, 7) is 1.92. The SMILES string of the molecule is Cc1c(Cl)n(C)c(=O)c2ccccc12. The largest absolute Gasteiger partial charge is 0.301 e. The van der Waals surface area contributed by atoms with Crippen LogP contribution in [0.25, 0.3) is 10.8 Å². The molecule has 0 amide bonds. The number of aromatic nitrogens is 1. The predicted molar refractivity (Wildman–Crippen MR) is 58.9 cm³/mol. The lowest BCUT2D eigenvalue weighted by Crippen LogP contribution is -2.18. The lowest BCUT2D eigenvalue weighted by Gasteiger charge is -2.08. The summed E-state index contributed by atoms with van der Waals surface area (Å²) in [5.74, 6) is 0. The molecule has 0 aliphatic heterocycles. The molecule has 0 fully saturated rings. The van der Waals surface area contributed by atoms with E-state index in [9.17, 15) is 4.79 Å². The van der Waals surface area contributed by atoms with Gasteiger partial charge in [0.2, 0.25) is 0 Å². The Labute approximate surface area is 86.7 Å². The van der Waals surface area contributed by atoms with Gasteiger partial charge < -0.3 is 4.57 Å². The van der Waals surface area contributed by atoms with E-state index in [4.69, 9.17) is 11.6 Å². The molecule has 1 aromatic carbocycles. The Morgan fingerprint density at radius 3 is 2.43 bits per heavy atom. The molecule has 1 heterocycles. The van der Waals surface area contributed by atoms with Crippen LogP contribution in [0.5, 0.6) is 0 Å². The highest BCUT2D eigenvalue weighted by molar-refractivity contribution is 6.31. The Morgan fingerprint density at radius 1 is 1.21 bits per heavy atom. The van der Waals surface area contributed by atoms with Crippen molar-refractivity contribution >= 4 is 22.4 Å². The van der Waals surface area contributed by atoms with E-state index < -0.39 is 0 Å². The minimum atomic E-state index is -0.0452. The maximum Gasteiger partial charge on any atom is 0.259 e. The van der Waals surface area contributed by atoms with Gasteiger partial charge in [0.05, 0.1) is 0 Å². The Bertz CT molecular complexity index is 557. The molecule has 14 heavy (non-hydrogen) atoms. The normalized spacial score (nSPS) is 10.8. The number of hydrogen-bond acceptors (Lipinski definition) is 1. The zero-order chi connectivity index (χ0) is 10.3. The van der Waals surface area contributed by atoms with E-state index in [1.165, 1.54) is 4.57 Å². The summed E-state index contributed by atoms with van der Waals surface area (Å²) in [5, 5.41) is 2.16. The fourth-order valence-electron chi connectivity index (χ4n) is 1.63. The lowest BCUT2D eigenvalue weighted by atomic mass is 10.1. The molecule has 0 bridgehead atoms. The minimum Gasteiger partial charge on any atom is -0.301 e. The number of nitrogens with zero attached hydrogens (tertiary/aromatic N) is 1. The van der Waals surface area contributed by atoms with E-state index in [2.05, 4.69) is 0 Å². The number of fused-ring (bicyclic) bond motifs is 1. The number of rotatable bonds is 0. The molecule has 2 nitrogen and oxygen atoms in total. The first-order valence-corrected chi connectivity index (χ1v) is 4.74. The van der Waals surface area contributed by atoms with Crippen molar-refractivity contribution in [3.63, 3.8) is 0 Å². The highest BCUT2D eigenvalue weighted by atomic mass is 35.5. The van der Waals surface area contributed by atoms with Crippen molar-refractivity contribution in [3.8, 4) is 0 Å². The average molecular weight is 208 g/mol. The van der Waals surface area contributed by atoms with Crippen LogP contribution in [0.1, 0.15) is 5.56 Å². The first kappa shape index (κ1) is 9.28. The van der Waals surface area contributed by atoms with Crippen LogP contribution in [0.3, 0.4) is 0 Å². The van der Waals surface area contributed by atoms with Crippen molar-refractivity contribution < 1.29 is 0 Å². The zero-order valence-corrected chi connectivity index (χ0v) is 8.80. The van der Waals surface area contributed by atoms with Gasteiger partial charge in [-0.3, -0.25) is 4.79 Å². The second kappa shape index (κ2) is 3.14. The third-order valence-electron chi connectivity index (χ3n) is 2.47. The van der Waals surface area contributed by atoms with Gasteiger partial charge >= 0.3 is 0 Å². The number of benzene rings is 1. The molecule has 0 unspecified atom stereocenters. The fourth-order valence-corrected chi connectivity index (χ4v) is 1.81. The van der Waals surface area contributed by atoms with Crippen molar-refractivity contribution in [2.24, 2.45) is 7.05 Å². The summed E-state index contributed by atoms with van der Waals surface area (Å²) in [6, 6.07) is 7.50. The van der Waals surface area contributed by atoms with Crippen molar-refractivity contribution in [3.05, 3.63) is 45.3 Å². The quantitative estimate of drug-likeness (QED) is 0.609. The number of aryl methyl sites for hydroxylation is 1. The van der Waals surface area contributed by atoms with Crippen LogP contribution in [0.15, 0.2) is 29.1 Å². The van der Waals surface area contributed by atoms with E-state index in [0.717, 1.165) is 16.3 Å². The Morgan fingerprint density at radius 2 is 1.79 bits per heavy atom. The molecular formula is C11H10ClNO. The van der Waals surface area contributed by atoms with Crippen LogP contribution >= 0.6 is 11.6 Å². The maximum absolute atomic E-state index is 11.8. The van der Waals surface area contributed by atoms with Gasteiger partial charge in [-0.15, -0.1) is 0 Å². The Balaban J connectivity index is 3.10. The van der Waals surface area contributed by atoms with Gasteiger partial charge in [0.25, 0.3) is 5.56 Å². The summed E-state index contributed by atoms with van der Waals surface area (Å²) < 4.78 is 1.47. The second-order valence-electron chi connectivity index (χ2n) is 3.33. The van der Waals surface area contributed by atoms with Crippen LogP contribution in [-0.4, -0.2) is 4.57 Å². The molecule has 0 saturated heterocycles. The molecule has 2 rings (SSSR count). The molecule has 1 aromatic heterocycles. The topological polar surface area (TPSA) is 22.0 Å². The van der Waals surface area contributed by atoms with Crippen LogP contribution < -0.4 is 5.56 Å². The third kappa shape index (κ3) is 1.15. The van der Waals surface area contributed by atoms with E-state index in [0.29, 0.717) is 5.15 Å². The first-order chi connectivity index (χ1) is 6.63. The van der Waals surface area contributed by atoms with Gasteiger partial charge in [-0.25, -0.2) is 0 Å². The van der Waals surface area contributed by atoms with Gasteiger partial charge in [0.15, 0.2) is 0 Å². The fraction of sp³-hybridized carbons (Fsp3) is 0.182. The summed E-state index contributed by atoms with van der Waals surface area (Å²) in [7, 11) is 1.68. The summed E-state index contributed by atoms with van der Waals surface area (Å²) >= 11 is 6.02. The van der Waals surface area contributed by atoms with Gasteiger partial charge in [0.1, 0.15) is 5.15 Å². The van der Waals surface area contributed by atoms with E-state index in [1.807, 2.05) is 31.2 Å². The molecule has 0 aliphatic carbocycles. The second-order valence-corrected chi connectivity index (χ2v) is 3.68. The minimum absolute atomic E-state index is 0.0452. The molecule has 0 aliphatic rings. The molecule has 0 saturated carbocycles. The van der Waals surface area contributed by atoms with Gasteiger partial charge in [0, 0.05) is 12.4 Å². The van der Waals surface area contributed by atoms with Crippen molar-refractivity contribution in [1.29, 1.82) is 0 Å². The number of halogens is 1. The summed E-state index contributed by atoms with van der Waals surface area (Å²) in [5.41, 5.74) is 0.903. The zero-order valence-electron chi connectivity index (χ0n) is 8.04. The molecule has 0 radical (unpaired) electrons. The summed E-state index contributed by atoms with van der Waals surface area (Å²) in [6.07, 6.45) is 0. The molecule has 2 aromatic rings. The number of pyridine rings is 1. The maximum atomic E-state index is 11.8. The monoisotopic (exact) mass is 207 g/mol. The predicted octanol–water partition coefficient (Wildman–Crippen LogP) is 2.50. The highest BCUT2D eigenvalue weighted by Gasteiger charge is 2.08. The van der Waals surface area contributed by atoms with E-state index in [-0.39, 0.29) is 5.56 Å². The van der Waals surface area contributed by atoms with E-state index in [1.54, 1.807) is 7.05 Å². The van der Waals surface area contributed by atoms with Crippen molar-refractivity contribution in [1.82, 2.24) is 4.57 Å². The van der Waals surface area contributed by atoms with Crippen molar-refractivity contribution in [2.45, 2.75) is 6.92 Å². The van der Waals surface area contributed by atoms with Crippen LogP contribution in [0, 0.1) is 6.92 Å². The molecule has 3 heteroatoms. The van der Waals surface area contributed by atoms with Crippen molar-refractivity contribution in [2.75, 3.05) is 0 Å². The molecule has 0 N–H and O–H groups in total. The standard InChI is InChI=1S/C11H10ClNO/c1-7-8-5-3-4-6-9(8)11(14)13(2)10(7)12/h3-6H,1-2H3. The highest BCUT2D eigenvalue weighted by Crippen LogP contribution is 2.21. The van der Waals surface area contributed by atoms with E-state index >= 15 is 0 Å². The molecule has 0 atom stereocenters. The van der Waals surface area contributed by atoms with Crippen LogP contribution in [-0.2, 0) is 7.05 Å². The van der Waals surface area contributed by atoms with Gasteiger partial charge in [-0.05, 0) is 23.9 Å². The molecule has 72 valence electrons. The Kier molecular flexibility index (Phi) is 2.08. The van der Waals surface area contributed by atoms with Crippen LogP contribution in [0.4, 0.5) is 0 Å². The average Bonchev–Trinajstić information content (AvgIpc) is 2.23. The Hall–Kier alpha value is -1.28. The molecular weight excluding hydrogens is 198 g/mol. The smallest absolute Gasteiger partial charge is 0.259 e. The van der Waals surface area contributed by atoms with Gasteiger partial charge in [-0.1, -0.05) is 29.8 Å². The third-order valence-corrected chi connectivity index (χ3v) is 3.01.